The Hall–Kier alpha value is -0.883. The highest BCUT2D eigenvalue weighted by molar-refractivity contribution is 6.57. The molecular weight excluding hydrogens is 259 g/mol. The van der Waals surface area contributed by atoms with Gasteiger partial charge in [0.25, 0.3) is 0 Å². The first-order chi connectivity index (χ1) is 8.36. The molecule has 0 bridgehead atoms. The van der Waals surface area contributed by atoms with E-state index in [1.807, 2.05) is 0 Å². The van der Waals surface area contributed by atoms with Crippen molar-refractivity contribution in [1.29, 1.82) is 0 Å². The van der Waals surface area contributed by atoms with Gasteiger partial charge >= 0.3 is 6.18 Å². The number of aliphatic hydroxyl groups is 1. The van der Waals surface area contributed by atoms with E-state index < -0.39 is 21.1 Å². The number of aryl methyl sites for hydroxylation is 1. The van der Waals surface area contributed by atoms with Crippen LogP contribution in [-0.2, 0) is 6.42 Å². The number of nitrogens with zero attached hydrogens (tertiary/aromatic N) is 1. The van der Waals surface area contributed by atoms with E-state index in [0.29, 0.717) is 12.0 Å². The first kappa shape index (κ1) is 15.2. The van der Waals surface area contributed by atoms with Crippen LogP contribution in [-0.4, -0.2) is 25.1 Å². The van der Waals surface area contributed by atoms with Gasteiger partial charge in [-0.2, -0.15) is 13.2 Å². The third-order valence-electron chi connectivity index (χ3n) is 3.15. The molecule has 1 aromatic heterocycles. The number of halogens is 3. The zero-order valence-corrected chi connectivity index (χ0v) is 11.7. The summed E-state index contributed by atoms with van der Waals surface area (Å²) in [6.07, 6.45) is -3.74. The number of pyridine rings is 1. The van der Waals surface area contributed by atoms with Gasteiger partial charge in [-0.3, -0.25) is 4.98 Å². The lowest BCUT2D eigenvalue weighted by molar-refractivity contribution is -0.207. The van der Waals surface area contributed by atoms with Gasteiger partial charge in [0.15, 0.2) is 6.10 Å². The number of rotatable bonds is 5. The molecule has 6 heteroatoms. The maximum absolute atomic E-state index is 12.5. The summed E-state index contributed by atoms with van der Waals surface area (Å²) in [5, 5.41) is 9.32. The van der Waals surface area contributed by atoms with E-state index >= 15 is 0 Å². The highest BCUT2D eigenvalue weighted by Crippen LogP contribution is 2.34. The van der Waals surface area contributed by atoms with Gasteiger partial charge in [0, 0.05) is 21.2 Å². The Balaban J connectivity index is 2.86. The van der Waals surface area contributed by atoms with Gasteiger partial charge in [-0.25, -0.2) is 0 Å². The van der Waals surface area contributed by atoms with Crippen LogP contribution in [0.15, 0.2) is 18.5 Å². The molecule has 0 aliphatic rings. The van der Waals surface area contributed by atoms with E-state index in [9.17, 15) is 18.3 Å². The molecule has 0 aromatic carbocycles. The SMILES string of the molecule is CC[SiH](C)CCc1cnccc1C(O)C(F)(F)F. The summed E-state index contributed by atoms with van der Waals surface area (Å²) in [6.45, 7) is 4.29. The van der Waals surface area contributed by atoms with Crippen LogP contribution in [0.1, 0.15) is 24.2 Å². The highest BCUT2D eigenvalue weighted by atomic mass is 28.3. The fourth-order valence-electron chi connectivity index (χ4n) is 1.70. The van der Waals surface area contributed by atoms with Crippen molar-refractivity contribution in [3.05, 3.63) is 29.6 Å². The molecule has 1 rings (SSSR count). The summed E-state index contributed by atoms with van der Waals surface area (Å²) >= 11 is 0. The highest BCUT2D eigenvalue weighted by Gasteiger charge is 2.40. The Morgan fingerprint density at radius 2 is 2.11 bits per heavy atom. The molecular formula is C12H18F3NOSi. The second-order valence-electron chi connectivity index (χ2n) is 4.57. The summed E-state index contributed by atoms with van der Waals surface area (Å²) in [6, 6.07) is 3.31. The van der Waals surface area contributed by atoms with Crippen LogP contribution in [0.2, 0.25) is 18.6 Å². The van der Waals surface area contributed by atoms with Crippen LogP contribution >= 0.6 is 0 Å². The minimum absolute atomic E-state index is 0.0604. The van der Waals surface area contributed by atoms with Gasteiger partial charge < -0.3 is 5.11 Å². The largest absolute Gasteiger partial charge is 0.418 e. The van der Waals surface area contributed by atoms with Crippen LogP contribution in [0.25, 0.3) is 0 Å². The number of alkyl halides is 3. The van der Waals surface area contributed by atoms with E-state index in [1.165, 1.54) is 18.5 Å². The molecule has 1 N–H and O–H groups in total. The number of hydrogen-bond acceptors (Lipinski definition) is 2. The van der Waals surface area contributed by atoms with Gasteiger partial charge in [-0.15, -0.1) is 0 Å². The number of aliphatic hydroxyl groups excluding tert-OH is 1. The smallest absolute Gasteiger partial charge is 0.379 e. The lowest BCUT2D eigenvalue weighted by Crippen LogP contribution is -2.22. The lowest BCUT2D eigenvalue weighted by atomic mass is 10.0. The van der Waals surface area contributed by atoms with E-state index in [4.69, 9.17) is 0 Å². The summed E-state index contributed by atoms with van der Waals surface area (Å²) in [7, 11) is -0.836. The lowest BCUT2D eigenvalue weighted by Gasteiger charge is -2.18. The van der Waals surface area contributed by atoms with Crippen LogP contribution in [0.3, 0.4) is 0 Å². The molecule has 1 heterocycles. The molecule has 0 saturated carbocycles. The second-order valence-corrected chi connectivity index (χ2v) is 8.17. The maximum atomic E-state index is 12.5. The van der Waals surface area contributed by atoms with Crippen molar-refractivity contribution < 1.29 is 18.3 Å². The summed E-state index contributed by atoms with van der Waals surface area (Å²) < 4.78 is 37.6. The van der Waals surface area contributed by atoms with Crippen molar-refractivity contribution in [1.82, 2.24) is 4.98 Å². The zero-order valence-electron chi connectivity index (χ0n) is 10.5. The zero-order chi connectivity index (χ0) is 13.8. The first-order valence-corrected chi connectivity index (χ1v) is 8.82. The third-order valence-corrected chi connectivity index (χ3v) is 5.82. The van der Waals surface area contributed by atoms with Gasteiger partial charge in [-0.05, 0) is 23.6 Å². The Bertz CT molecular complexity index is 384. The van der Waals surface area contributed by atoms with Gasteiger partial charge in [0.1, 0.15) is 0 Å². The van der Waals surface area contributed by atoms with Gasteiger partial charge in [0.2, 0.25) is 0 Å². The van der Waals surface area contributed by atoms with Crippen LogP contribution in [0.4, 0.5) is 13.2 Å². The van der Waals surface area contributed by atoms with Crippen LogP contribution in [0.5, 0.6) is 0 Å². The topological polar surface area (TPSA) is 33.1 Å². The van der Waals surface area contributed by atoms with Crippen molar-refractivity contribution in [2.24, 2.45) is 0 Å². The summed E-state index contributed by atoms with van der Waals surface area (Å²) in [4.78, 5) is 3.85. The third kappa shape index (κ3) is 4.10. The quantitative estimate of drug-likeness (QED) is 0.839. The Morgan fingerprint density at radius 1 is 1.44 bits per heavy atom. The number of aromatic nitrogens is 1. The Morgan fingerprint density at radius 3 is 2.67 bits per heavy atom. The van der Waals surface area contributed by atoms with Crippen LogP contribution in [0, 0.1) is 0 Å². The van der Waals surface area contributed by atoms with E-state index in [2.05, 4.69) is 18.5 Å². The molecule has 2 atom stereocenters. The van der Waals surface area contributed by atoms with E-state index in [0.717, 1.165) is 12.1 Å². The maximum Gasteiger partial charge on any atom is 0.418 e. The van der Waals surface area contributed by atoms with Crippen molar-refractivity contribution in [3.8, 4) is 0 Å². The normalized spacial score (nSPS) is 15.4. The molecule has 2 nitrogen and oxygen atoms in total. The van der Waals surface area contributed by atoms with Crippen molar-refractivity contribution >= 4 is 8.80 Å². The van der Waals surface area contributed by atoms with E-state index in [-0.39, 0.29) is 5.56 Å². The summed E-state index contributed by atoms with van der Waals surface area (Å²) in [5.74, 6) is 0. The molecule has 102 valence electrons. The molecule has 2 unspecified atom stereocenters. The minimum Gasteiger partial charge on any atom is -0.379 e. The molecule has 1 aromatic rings. The summed E-state index contributed by atoms with van der Waals surface area (Å²) in [5.41, 5.74) is 0.449. The van der Waals surface area contributed by atoms with Crippen LogP contribution < -0.4 is 0 Å². The molecule has 0 spiro atoms. The van der Waals surface area contributed by atoms with Crippen molar-refractivity contribution in [3.63, 3.8) is 0 Å². The fourth-order valence-corrected chi connectivity index (χ4v) is 2.91. The predicted molar refractivity (Wildman–Crippen MR) is 67.3 cm³/mol. The average Bonchev–Trinajstić information content (AvgIpc) is 2.34. The predicted octanol–water partition coefficient (Wildman–Crippen LogP) is 3.10. The van der Waals surface area contributed by atoms with E-state index in [1.54, 1.807) is 0 Å². The van der Waals surface area contributed by atoms with Crippen molar-refractivity contribution in [2.45, 2.75) is 44.3 Å². The second kappa shape index (κ2) is 6.33. The number of hydrogen-bond donors (Lipinski definition) is 1. The Kier molecular flexibility index (Phi) is 5.34. The van der Waals surface area contributed by atoms with Gasteiger partial charge in [-0.1, -0.05) is 25.6 Å². The Labute approximate surface area is 106 Å². The molecule has 18 heavy (non-hydrogen) atoms. The molecule has 0 amide bonds. The molecule has 0 aliphatic heterocycles. The first-order valence-electron chi connectivity index (χ1n) is 6.03. The molecule has 0 fully saturated rings. The fraction of sp³-hybridized carbons (Fsp3) is 0.583. The molecule has 0 radical (unpaired) electrons. The standard InChI is InChI=1S/C12H18F3NOSi/c1-3-18(2)7-5-9-8-16-6-4-10(9)11(17)12(13,14)15/h4,6,8,11,17-18H,3,5,7H2,1-2H3. The average molecular weight is 277 g/mol. The monoisotopic (exact) mass is 277 g/mol. The van der Waals surface area contributed by atoms with Crippen molar-refractivity contribution in [2.75, 3.05) is 0 Å². The molecule has 0 saturated heterocycles. The molecule has 0 aliphatic carbocycles. The van der Waals surface area contributed by atoms with Gasteiger partial charge in [0.05, 0.1) is 0 Å². The minimum atomic E-state index is -4.62.